The van der Waals surface area contributed by atoms with Crippen LogP contribution in [0.1, 0.15) is 18.5 Å². The van der Waals surface area contributed by atoms with E-state index in [2.05, 4.69) is 29.3 Å². The van der Waals surface area contributed by atoms with Gasteiger partial charge in [0.15, 0.2) is 0 Å². The zero-order valence-corrected chi connectivity index (χ0v) is 12.3. The second kappa shape index (κ2) is 7.85. The number of hydrogen-bond donors (Lipinski definition) is 1. The summed E-state index contributed by atoms with van der Waals surface area (Å²) in [6.07, 6.45) is 0.267. The summed E-state index contributed by atoms with van der Waals surface area (Å²) in [5, 5.41) is 3.52. The largest absolute Gasteiger partial charge is 0.374 e. The lowest BCUT2D eigenvalue weighted by Gasteiger charge is -2.33. The number of hydrogen-bond acceptors (Lipinski definition) is 3. The fourth-order valence-electron chi connectivity index (χ4n) is 2.41. The maximum absolute atomic E-state index is 6.06. The Morgan fingerprint density at radius 2 is 2.21 bits per heavy atom. The summed E-state index contributed by atoms with van der Waals surface area (Å²) in [6.45, 7) is 7.02. The lowest BCUT2D eigenvalue weighted by molar-refractivity contribution is -0.0261. The molecule has 106 valence electrons. The predicted octanol–water partition coefficient (Wildman–Crippen LogP) is 2.28. The Morgan fingerprint density at radius 3 is 2.89 bits per heavy atom. The van der Waals surface area contributed by atoms with Crippen LogP contribution in [0, 0.1) is 0 Å². The van der Waals surface area contributed by atoms with Crippen molar-refractivity contribution in [3.63, 3.8) is 0 Å². The van der Waals surface area contributed by atoms with Crippen LogP contribution in [0.2, 0.25) is 0 Å². The molecule has 2 atom stereocenters. The lowest BCUT2D eigenvalue weighted by atomic mass is 10.1. The maximum atomic E-state index is 6.06. The molecule has 2 rings (SSSR count). The molecule has 3 nitrogen and oxygen atoms in total. The number of halogens is 1. The fourth-order valence-corrected chi connectivity index (χ4v) is 2.70. The number of nitrogens with one attached hydrogen (secondary N) is 1. The van der Waals surface area contributed by atoms with Gasteiger partial charge in [0, 0.05) is 31.6 Å². The summed E-state index contributed by atoms with van der Waals surface area (Å²) in [7, 11) is 0. The molecule has 0 aliphatic carbocycles. The first-order valence-electron chi connectivity index (χ1n) is 7.01. The number of alkyl halides is 1. The fraction of sp³-hybridized carbons (Fsp3) is 0.600. The van der Waals surface area contributed by atoms with Crippen molar-refractivity contribution in [2.45, 2.75) is 19.1 Å². The summed E-state index contributed by atoms with van der Waals surface area (Å²) in [5.74, 6) is 0.578. The lowest BCUT2D eigenvalue weighted by Crippen LogP contribution is -2.47. The van der Waals surface area contributed by atoms with E-state index in [-0.39, 0.29) is 12.1 Å². The average Bonchev–Trinajstić information content (AvgIpc) is 2.49. The van der Waals surface area contributed by atoms with Crippen molar-refractivity contribution in [1.82, 2.24) is 10.2 Å². The molecule has 1 aromatic carbocycles. The highest BCUT2D eigenvalue weighted by Crippen LogP contribution is 2.14. The molecule has 0 saturated carbocycles. The molecule has 0 bridgehead atoms. The van der Waals surface area contributed by atoms with Crippen molar-refractivity contribution in [2.24, 2.45) is 0 Å². The minimum atomic E-state index is 0.198. The number of ether oxygens (including phenoxy) is 1. The van der Waals surface area contributed by atoms with Gasteiger partial charge in [-0.2, -0.15) is 0 Å². The van der Waals surface area contributed by atoms with Crippen LogP contribution < -0.4 is 5.32 Å². The molecular formula is C15H23ClN2O. The number of benzene rings is 1. The van der Waals surface area contributed by atoms with E-state index in [4.69, 9.17) is 16.3 Å². The molecule has 2 unspecified atom stereocenters. The molecule has 1 aromatic rings. The van der Waals surface area contributed by atoms with Crippen molar-refractivity contribution in [3.8, 4) is 0 Å². The predicted molar refractivity (Wildman–Crippen MR) is 79.8 cm³/mol. The smallest absolute Gasteiger partial charge is 0.0826 e. The molecule has 4 heteroatoms. The topological polar surface area (TPSA) is 24.5 Å². The minimum absolute atomic E-state index is 0.198. The third-order valence-electron chi connectivity index (χ3n) is 3.62. The number of likely N-dealkylation sites (N-methyl/N-ethyl adjacent to an activating group) is 1. The van der Waals surface area contributed by atoms with Crippen molar-refractivity contribution in [1.29, 1.82) is 0 Å². The van der Waals surface area contributed by atoms with Crippen molar-refractivity contribution >= 4 is 11.6 Å². The Labute approximate surface area is 120 Å². The Kier molecular flexibility index (Phi) is 6.11. The van der Waals surface area contributed by atoms with Crippen LogP contribution >= 0.6 is 11.6 Å². The minimum Gasteiger partial charge on any atom is -0.374 e. The van der Waals surface area contributed by atoms with E-state index in [0.29, 0.717) is 5.88 Å². The maximum Gasteiger partial charge on any atom is 0.0826 e. The van der Waals surface area contributed by atoms with Crippen LogP contribution in [0.15, 0.2) is 30.3 Å². The second-order valence-corrected chi connectivity index (χ2v) is 5.22. The zero-order valence-electron chi connectivity index (χ0n) is 11.5. The van der Waals surface area contributed by atoms with Gasteiger partial charge in [-0.1, -0.05) is 37.3 Å². The zero-order chi connectivity index (χ0) is 13.5. The molecule has 19 heavy (non-hydrogen) atoms. The molecule has 1 aliphatic heterocycles. The number of nitrogens with zero attached hydrogens (tertiary/aromatic N) is 1. The normalized spacial score (nSPS) is 22.3. The van der Waals surface area contributed by atoms with Gasteiger partial charge in [0.1, 0.15) is 0 Å². The molecule has 0 spiro atoms. The van der Waals surface area contributed by atoms with Crippen LogP contribution in [0.25, 0.3) is 0 Å². The summed E-state index contributed by atoms with van der Waals surface area (Å²) in [4.78, 5) is 2.42. The molecule has 1 aliphatic rings. The SMILES string of the molecule is CCN1CCOC(CNC(CCl)c2ccccc2)C1. The van der Waals surface area contributed by atoms with Gasteiger partial charge < -0.3 is 10.1 Å². The highest BCUT2D eigenvalue weighted by Gasteiger charge is 2.20. The van der Waals surface area contributed by atoms with Gasteiger partial charge in [0.05, 0.1) is 12.7 Å². The van der Waals surface area contributed by atoms with E-state index in [9.17, 15) is 0 Å². The third kappa shape index (κ3) is 4.46. The van der Waals surface area contributed by atoms with Gasteiger partial charge in [-0.25, -0.2) is 0 Å². The molecule has 0 amide bonds. The van der Waals surface area contributed by atoms with Crippen LogP contribution in [0.4, 0.5) is 0 Å². The summed E-state index contributed by atoms with van der Waals surface area (Å²) < 4.78 is 5.79. The van der Waals surface area contributed by atoms with Crippen molar-refractivity contribution in [3.05, 3.63) is 35.9 Å². The molecule has 1 fully saturated rings. The Morgan fingerprint density at radius 1 is 1.42 bits per heavy atom. The first-order chi connectivity index (χ1) is 9.33. The van der Waals surface area contributed by atoms with Gasteiger partial charge in [-0.05, 0) is 12.1 Å². The van der Waals surface area contributed by atoms with Gasteiger partial charge in [0.2, 0.25) is 0 Å². The van der Waals surface area contributed by atoms with Crippen molar-refractivity contribution < 1.29 is 4.74 Å². The first-order valence-corrected chi connectivity index (χ1v) is 7.55. The molecule has 1 saturated heterocycles. The molecular weight excluding hydrogens is 260 g/mol. The average molecular weight is 283 g/mol. The van der Waals surface area contributed by atoms with Gasteiger partial charge in [-0.15, -0.1) is 11.6 Å². The summed E-state index contributed by atoms with van der Waals surface area (Å²) in [5.41, 5.74) is 1.24. The standard InChI is InChI=1S/C15H23ClN2O/c1-2-18-8-9-19-14(12-18)11-17-15(10-16)13-6-4-3-5-7-13/h3-7,14-15,17H,2,8-12H2,1H3. The van der Waals surface area contributed by atoms with E-state index in [1.54, 1.807) is 0 Å². The molecule has 0 aromatic heterocycles. The van der Waals surface area contributed by atoms with E-state index < -0.39 is 0 Å². The van der Waals surface area contributed by atoms with Crippen LogP contribution in [0.5, 0.6) is 0 Å². The molecule has 1 heterocycles. The van der Waals surface area contributed by atoms with E-state index in [0.717, 1.165) is 32.8 Å². The number of rotatable bonds is 6. The Bertz CT molecular complexity index is 360. The van der Waals surface area contributed by atoms with Crippen LogP contribution in [-0.2, 0) is 4.74 Å². The summed E-state index contributed by atoms with van der Waals surface area (Å²) >= 11 is 6.06. The highest BCUT2D eigenvalue weighted by atomic mass is 35.5. The number of morpholine rings is 1. The van der Waals surface area contributed by atoms with Gasteiger partial charge in [0.25, 0.3) is 0 Å². The summed E-state index contributed by atoms with van der Waals surface area (Å²) in [6, 6.07) is 10.5. The molecule has 1 N–H and O–H groups in total. The Hall–Kier alpha value is -0.610. The highest BCUT2D eigenvalue weighted by molar-refractivity contribution is 6.18. The molecule has 0 radical (unpaired) electrons. The van der Waals surface area contributed by atoms with Crippen LogP contribution in [-0.4, -0.2) is 49.7 Å². The first kappa shape index (κ1) is 14.8. The van der Waals surface area contributed by atoms with Gasteiger partial charge in [-0.3, -0.25) is 4.90 Å². The van der Waals surface area contributed by atoms with E-state index in [1.165, 1.54) is 5.56 Å². The Balaban J connectivity index is 1.83. The van der Waals surface area contributed by atoms with E-state index >= 15 is 0 Å². The van der Waals surface area contributed by atoms with Crippen LogP contribution in [0.3, 0.4) is 0 Å². The van der Waals surface area contributed by atoms with Crippen molar-refractivity contribution in [2.75, 3.05) is 38.7 Å². The second-order valence-electron chi connectivity index (χ2n) is 4.91. The van der Waals surface area contributed by atoms with Gasteiger partial charge >= 0.3 is 0 Å². The monoisotopic (exact) mass is 282 g/mol. The quantitative estimate of drug-likeness (QED) is 0.810. The third-order valence-corrected chi connectivity index (χ3v) is 3.93. The van der Waals surface area contributed by atoms with E-state index in [1.807, 2.05) is 18.2 Å².